The molecule has 3 aromatic rings. The number of amides is 1. The molecule has 0 unspecified atom stereocenters. The molecule has 0 saturated carbocycles. The fraction of sp³-hybridized carbons (Fsp3) is 0.368. The van der Waals surface area contributed by atoms with Crippen molar-refractivity contribution >= 4 is 5.91 Å². The van der Waals surface area contributed by atoms with Gasteiger partial charge in [-0.3, -0.25) is 4.79 Å². The van der Waals surface area contributed by atoms with Crippen LogP contribution < -0.4 is 0 Å². The van der Waals surface area contributed by atoms with Gasteiger partial charge in [-0.2, -0.15) is 5.10 Å². The number of benzene rings is 1. The minimum absolute atomic E-state index is 0.0167. The van der Waals surface area contributed by atoms with Gasteiger partial charge < -0.3 is 9.42 Å². The minimum Gasteiger partial charge on any atom is -0.361 e. The van der Waals surface area contributed by atoms with Gasteiger partial charge in [-0.1, -0.05) is 17.3 Å². The lowest BCUT2D eigenvalue weighted by Crippen LogP contribution is -2.29. The molecule has 7 nitrogen and oxygen atoms in total. The molecule has 0 bridgehead atoms. The Hall–Kier alpha value is -2.96. The smallest absolute Gasteiger partial charge is 0.223 e. The first-order valence-electron chi connectivity index (χ1n) is 8.59. The molecule has 2 aromatic heterocycles. The van der Waals surface area contributed by atoms with Crippen LogP contribution in [0, 0.1) is 13.8 Å². The van der Waals surface area contributed by atoms with Gasteiger partial charge in [-0.15, -0.1) is 0 Å². The highest BCUT2D eigenvalue weighted by Crippen LogP contribution is 2.22. The predicted molar refractivity (Wildman–Crippen MR) is 96.8 cm³/mol. The van der Waals surface area contributed by atoms with Crippen LogP contribution >= 0.6 is 0 Å². The van der Waals surface area contributed by atoms with E-state index < -0.39 is 0 Å². The number of nitrogens with zero attached hydrogens (tertiary/aromatic N) is 5. The third kappa shape index (κ3) is 3.66. The summed E-state index contributed by atoms with van der Waals surface area (Å²) in [5.74, 6) is 0.882. The summed E-state index contributed by atoms with van der Waals surface area (Å²) in [4.78, 5) is 18.3. The van der Waals surface area contributed by atoms with Crippen molar-refractivity contribution in [1.29, 1.82) is 0 Å². The number of aryl methyl sites for hydroxylation is 2. The van der Waals surface area contributed by atoms with Gasteiger partial charge >= 0.3 is 0 Å². The second-order valence-corrected chi connectivity index (χ2v) is 6.41. The highest BCUT2D eigenvalue weighted by atomic mass is 16.5. The Morgan fingerprint density at radius 2 is 2.00 bits per heavy atom. The molecule has 1 amide bonds. The van der Waals surface area contributed by atoms with Gasteiger partial charge in [-0.05, 0) is 44.9 Å². The van der Waals surface area contributed by atoms with Crippen LogP contribution in [0.4, 0.5) is 0 Å². The molecule has 136 valence electrons. The molecular formula is C19H23N5O2. The van der Waals surface area contributed by atoms with E-state index in [0.29, 0.717) is 12.8 Å². The zero-order chi connectivity index (χ0) is 18.7. The Bertz CT molecular complexity index is 848. The molecule has 2 heterocycles. The van der Waals surface area contributed by atoms with E-state index in [-0.39, 0.29) is 11.9 Å². The Balaban J connectivity index is 1.63. The zero-order valence-electron chi connectivity index (χ0n) is 15.5. The molecule has 7 heteroatoms. The summed E-state index contributed by atoms with van der Waals surface area (Å²) in [5.41, 5.74) is 3.89. The molecule has 1 atom stereocenters. The molecule has 26 heavy (non-hydrogen) atoms. The number of hydrogen-bond acceptors (Lipinski definition) is 5. The van der Waals surface area contributed by atoms with Gasteiger partial charge in [-0.25, -0.2) is 9.67 Å². The quantitative estimate of drug-likeness (QED) is 0.681. The average Bonchev–Trinajstić information content (AvgIpc) is 3.29. The van der Waals surface area contributed by atoms with E-state index in [4.69, 9.17) is 4.52 Å². The summed E-state index contributed by atoms with van der Waals surface area (Å²) in [6.45, 7) is 5.81. The maximum Gasteiger partial charge on any atom is 0.223 e. The van der Waals surface area contributed by atoms with Crippen LogP contribution in [0.5, 0.6) is 0 Å². The van der Waals surface area contributed by atoms with Crippen molar-refractivity contribution in [3.63, 3.8) is 0 Å². The van der Waals surface area contributed by atoms with E-state index in [1.165, 1.54) is 6.33 Å². The van der Waals surface area contributed by atoms with Crippen molar-refractivity contribution in [3.8, 4) is 5.69 Å². The van der Waals surface area contributed by atoms with E-state index >= 15 is 0 Å². The monoisotopic (exact) mass is 353 g/mol. The number of carbonyl (C=O) groups is 1. The number of aromatic nitrogens is 4. The van der Waals surface area contributed by atoms with Gasteiger partial charge in [0.15, 0.2) is 0 Å². The van der Waals surface area contributed by atoms with Crippen molar-refractivity contribution < 1.29 is 9.32 Å². The molecule has 0 radical (unpaired) electrons. The molecular weight excluding hydrogens is 330 g/mol. The predicted octanol–water partition coefficient (Wildman–Crippen LogP) is 3.02. The van der Waals surface area contributed by atoms with Crippen molar-refractivity contribution in [2.24, 2.45) is 0 Å². The topological polar surface area (TPSA) is 77.0 Å². The molecule has 0 aliphatic heterocycles. The molecule has 0 aliphatic rings. The van der Waals surface area contributed by atoms with E-state index in [0.717, 1.165) is 28.3 Å². The SMILES string of the molecule is Cc1noc(C)c1CCC(=O)N(C)[C@H](C)c1ccc(-n2cncn2)cc1. The van der Waals surface area contributed by atoms with Crippen LogP contribution in [0.25, 0.3) is 5.69 Å². The third-order valence-electron chi connectivity index (χ3n) is 4.80. The summed E-state index contributed by atoms with van der Waals surface area (Å²) in [6, 6.07) is 7.96. The van der Waals surface area contributed by atoms with E-state index in [2.05, 4.69) is 15.2 Å². The van der Waals surface area contributed by atoms with Crippen LogP contribution in [0.1, 0.15) is 42.0 Å². The van der Waals surface area contributed by atoms with E-state index in [9.17, 15) is 4.79 Å². The molecule has 0 aliphatic carbocycles. The van der Waals surface area contributed by atoms with E-state index in [1.54, 1.807) is 15.9 Å². The van der Waals surface area contributed by atoms with Crippen LogP contribution in [-0.2, 0) is 11.2 Å². The minimum atomic E-state index is -0.0167. The molecule has 0 N–H and O–H groups in total. The Labute approximate surface area is 152 Å². The largest absolute Gasteiger partial charge is 0.361 e. The normalized spacial score (nSPS) is 12.2. The lowest BCUT2D eigenvalue weighted by molar-refractivity contribution is -0.131. The zero-order valence-corrected chi connectivity index (χ0v) is 15.5. The molecule has 0 saturated heterocycles. The van der Waals surface area contributed by atoms with Crippen molar-refractivity contribution in [3.05, 3.63) is 59.5 Å². The number of rotatable bonds is 6. The molecule has 0 spiro atoms. The summed E-state index contributed by atoms with van der Waals surface area (Å²) in [5, 5.41) is 8.05. The van der Waals surface area contributed by atoms with Gasteiger partial charge in [0, 0.05) is 19.0 Å². The van der Waals surface area contributed by atoms with Gasteiger partial charge in [0.2, 0.25) is 5.91 Å². The van der Waals surface area contributed by atoms with Gasteiger partial charge in [0.25, 0.3) is 0 Å². The molecule has 3 rings (SSSR count). The molecule has 0 fully saturated rings. The van der Waals surface area contributed by atoms with Crippen molar-refractivity contribution in [2.75, 3.05) is 7.05 Å². The van der Waals surface area contributed by atoms with Crippen LogP contribution in [0.15, 0.2) is 41.4 Å². The standard InChI is InChI=1S/C19H23N5O2/c1-13-18(15(3)26-22-13)9-10-19(25)23(4)14(2)16-5-7-17(8-6-16)24-12-20-11-21-24/h5-8,11-12,14H,9-10H2,1-4H3/t14-/m1/s1. The average molecular weight is 353 g/mol. The maximum atomic E-state index is 12.6. The second-order valence-electron chi connectivity index (χ2n) is 6.41. The molecule has 1 aromatic carbocycles. The van der Waals surface area contributed by atoms with Gasteiger partial charge in [0.05, 0.1) is 17.4 Å². The Morgan fingerprint density at radius 1 is 1.27 bits per heavy atom. The van der Waals surface area contributed by atoms with Crippen LogP contribution in [0.2, 0.25) is 0 Å². The van der Waals surface area contributed by atoms with Crippen LogP contribution in [-0.4, -0.2) is 37.8 Å². The second kappa shape index (κ2) is 7.51. The third-order valence-corrected chi connectivity index (χ3v) is 4.80. The highest BCUT2D eigenvalue weighted by Gasteiger charge is 2.19. The first-order chi connectivity index (χ1) is 12.5. The summed E-state index contributed by atoms with van der Waals surface area (Å²) in [6.07, 6.45) is 4.23. The fourth-order valence-electron chi connectivity index (χ4n) is 2.95. The summed E-state index contributed by atoms with van der Waals surface area (Å²) in [7, 11) is 1.84. The Morgan fingerprint density at radius 3 is 2.58 bits per heavy atom. The summed E-state index contributed by atoms with van der Waals surface area (Å²) >= 11 is 0. The van der Waals surface area contributed by atoms with Crippen LogP contribution in [0.3, 0.4) is 0 Å². The lowest BCUT2D eigenvalue weighted by atomic mass is 10.0. The van der Waals surface area contributed by atoms with E-state index in [1.807, 2.05) is 52.1 Å². The van der Waals surface area contributed by atoms with Gasteiger partial charge in [0.1, 0.15) is 18.4 Å². The summed E-state index contributed by atoms with van der Waals surface area (Å²) < 4.78 is 6.86. The number of carbonyl (C=O) groups excluding carboxylic acids is 1. The maximum absolute atomic E-state index is 12.6. The lowest BCUT2D eigenvalue weighted by Gasteiger charge is -2.25. The fourth-order valence-corrected chi connectivity index (χ4v) is 2.95. The van der Waals surface area contributed by atoms with Crippen molar-refractivity contribution in [1.82, 2.24) is 24.8 Å². The Kier molecular flexibility index (Phi) is 5.16. The first kappa shape index (κ1) is 17.8. The van der Waals surface area contributed by atoms with Crippen molar-refractivity contribution in [2.45, 2.75) is 39.7 Å². The highest BCUT2D eigenvalue weighted by molar-refractivity contribution is 5.76. The first-order valence-corrected chi connectivity index (χ1v) is 8.59. The number of hydrogen-bond donors (Lipinski definition) is 0.